The van der Waals surface area contributed by atoms with Crippen molar-refractivity contribution in [3.8, 4) is 0 Å². The van der Waals surface area contributed by atoms with Crippen molar-refractivity contribution in [3.63, 3.8) is 0 Å². The normalized spacial score (nSPS) is 10.9. The van der Waals surface area contributed by atoms with Gasteiger partial charge in [-0.15, -0.1) is 0 Å². The van der Waals surface area contributed by atoms with Crippen LogP contribution in [0.3, 0.4) is 0 Å². The Balaban J connectivity index is 2.28. The van der Waals surface area contributed by atoms with Crippen LogP contribution in [-0.4, -0.2) is 9.72 Å². The lowest BCUT2D eigenvalue weighted by atomic mass is 10.2. The minimum absolute atomic E-state index is 0.790. The zero-order valence-corrected chi connectivity index (χ0v) is 9.66. The summed E-state index contributed by atoms with van der Waals surface area (Å²) >= 11 is 0. The van der Waals surface area contributed by atoms with Gasteiger partial charge in [0, 0.05) is 18.0 Å². The van der Waals surface area contributed by atoms with Crippen molar-refractivity contribution in [1.82, 2.24) is 9.72 Å². The average Bonchev–Trinajstić information content (AvgIpc) is 2.68. The van der Waals surface area contributed by atoms with Crippen molar-refractivity contribution in [2.45, 2.75) is 34.2 Å². The predicted molar refractivity (Wildman–Crippen MR) is 59.0 cm³/mol. The summed E-state index contributed by atoms with van der Waals surface area (Å²) in [5, 5.41) is 4.00. The molecule has 2 heterocycles. The molecular formula is C12H16N2O. The zero-order chi connectivity index (χ0) is 11.0. The molecule has 15 heavy (non-hydrogen) atoms. The van der Waals surface area contributed by atoms with Gasteiger partial charge in [-0.05, 0) is 38.8 Å². The molecule has 80 valence electrons. The van der Waals surface area contributed by atoms with E-state index in [0.717, 1.165) is 18.0 Å². The van der Waals surface area contributed by atoms with E-state index < -0.39 is 0 Å². The second-order valence-corrected chi connectivity index (χ2v) is 4.08. The first kappa shape index (κ1) is 10.0. The predicted octanol–water partition coefficient (Wildman–Crippen LogP) is 2.76. The summed E-state index contributed by atoms with van der Waals surface area (Å²) in [6, 6.07) is 1.98. The Kier molecular flexibility index (Phi) is 2.39. The van der Waals surface area contributed by atoms with E-state index in [1.807, 2.05) is 13.0 Å². The van der Waals surface area contributed by atoms with Crippen LogP contribution >= 0.6 is 0 Å². The van der Waals surface area contributed by atoms with E-state index in [4.69, 9.17) is 4.52 Å². The molecule has 0 amide bonds. The third-order valence-electron chi connectivity index (χ3n) is 2.92. The third kappa shape index (κ3) is 1.82. The molecule has 0 aromatic carbocycles. The summed E-state index contributed by atoms with van der Waals surface area (Å²) in [6.45, 7) is 9.12. The molecule has 0 aliphatic rings. The number of rotatable bonds is 2. The van der Waals surface area contributed by atoms with Crippen molar-refractivity contribution < 1.29 is 4.52 Å². The smallest absolute Gasteiger partial charge is 0.133 e. The van der Waals surface area contributed by atoms with Crippen molar-refractivity contribution in [1.29, 1.82) is 0 Å². The Labute approximate surface area is 89.7 Å². The third-order valence-corrected chi connectivity index (χ3v) is 2.92. The minimum Gasteiger partial charge on any atom is -0.361 e. The maximum Gasteiger partial charge on any atom is 0.133 e. The van der Waals surface area contributed by atoms with Crippen LogP contribution in [0.1, 0.15) is 28.3 Å². The van der Waals surface area contributed by atoms with Crippen LogP contribution in [0.5, 0.6) is 0 Å². The van der Waals surface area contributed by atoms with E-state index in [9.17, 15) is 0 Å². The van der Waals surface area contributed by atoms with Gasteiger partial charge in [-0.2, -0.15) is 0 Å². The van der Waals surface area contributed by atoms with Crippen LogP contribution in [0.4, 0.5) is 0 Å². The first-order valence-electron chi connectivity index (χ1n) is 5.13. The molecule has 0 spiro atoms. The van der Waals surface area contributed by atoms with Crippen LogP contribution in [0.25, 0.3) is 0 Å². The fourth-order valence-corrected chi connectivity index (χ4v) is 1.76. The number of nitrogens with zero attached hydrogens (tertiary/aromatic N) is 2. The second kappa shape index (κ2) is 3.57. The standard InChI is InChI=1S/C12H16N2O/c1-8-6-14(11(4)10(8)3)7-12-5-9(2)15-13-12/h5-6H,7H2,1-4H3. The van der Waals surface area contributed by atoms with Crippen molar-refractivity contribution in [2.75, 3.05) is 0 Å². The molecule has 2 rings (SSSR count). The molecule has 3 nitrogen and oxygen atoms in total. The Morgan fingerprint density at radius 1 is 1.27 bits per heavy atom. The summed E-state index contributed by atoms with van der Waals surface area (Å²) in [5.74, 6) is 0.864. The maximum atomic E-state index is 5.05. The van der Waals surface area contributed by atoms with Gasteiger partial charge in [-0.1, -0.05) is 5.16 Å². The highest BCUT2D eigenvalue weighted by Crippen LogP contribution is 2.16. The summed E-state index contributed by atoms with van der Waals surface area (Å²) < 4.78 is 7.26. The quantitative estimate of drug-likeness (QED) is 0.753. The molecule has 0 aliphatic heterocycles. The molecule has 0 saturated heterocycles. The molecule has 0 bridgehead atoms. The molecule has 0 radical (unpaired) electrons. The van der Waals surface area contributed by atoms with Crippen molar-refractivity contribution in [3.05, 3.63) is 40.5 Å². The fraction of sp³-hybridized carbons (Fsp3) is 0.417. The first-order valence-corrected chi connectivity index (χ1v) is 5.13. The van der Waals surface area contributed by atoms with Crippen LogP contribution in [-0.2, 0) is 6.54 Å². The molecule has 0 fully saturated rings. The Bertz CT molecular complexity index is 480. The molecule has 0 N–H and O–H groups in total. The topological polar surface area (TPSA) is 31.0 Å². The van der Waals surface area contributed by atoms with Gasteiger partial charge in [0.1, 0.15) is 11.5 Å². The summed E-state index contributed by atoms with van der Waals surface area (Å²) in [6.07, 6.45) is 2.16. The van der Waals surface area contributed by atoms with Gasteiger partial charge < -0.3 is 9.09 Å². The molecule has 0 aliphatic carbocycles. The SMILES string of the molecule is Cc1cc(Cn2cc(C)c(C)c2C)no1. The van der Waals surface area contributed by atoms with Gasteiger partial charge in [0.25, 0.3) is 0 Å². The van der Waals surface area contributed by atoms with Crippen LogP contribution in [0.2, 0.25) is 0 Å². The summed E-state index contributed by atoms with van der Waals surface area (Å²) in [4.78, 5) is 0. The molecule has 3 heteroatoms. The molecular weight excluding hydrogens is 188 g/mol. The van der Waals surface area contributed by atoms with E-state index in [0.29, 0.717) is 0 Å². The van der Waals surface area contributed by atoms with Gasteiger partial charge in [-0.3, -0.25) is 0 Å². The summed E-state index contributed by atoms with van der Waals surface area (Å²) in [7, 11) is 0. The second-order valence-electron chi connectivity index (χ2n) is 4.08. The van der Waals surface area contributed by atoms with Gasteiger partial charge in [0.05, 0.1) is 6.54 Å². The van der Waals surface area contributed by atoms with Crippen molar-refractivity contribution >= 4 is 0 Å². The highest BCUT2D eigenvalue weighted by Gasteiger charge is 2.07. The highest BCUT2D eigenvalue weighted by atomic mass is 16.5. The number of aromatic nitrogens is 2. The average molecular weight is 204 g/mol. The minimum atomic E-state index is 0.790. The van der Waals surface area contributed by atoms with Gasteiger partial charge in [0.2, 0.25) is 0 Å². The van der Waals surface area contributed by atoms with Crippen LogP contribution < -0.4 is 0 Å². The zero-order valence-electron chi connectivity index (χ0n) is 9.66. The molecule has 2 aromatic rings. The Hall–Kier alpha value is -1.51. The van der Waals surface area contributed by atoms with E-state index in [-0.39, 0.29) is 0 Å². The van der Waals surface area contributed by atoms with Crippen LogP contribution in [0.15, 0.2) is 16.8 Å². The van der Waals surface area contributed by atoms with Crippen LogP contribution in [0, 0.1) is 27.7 Å². The summed E-state index contributed by atoms with van der Waals surface area (Å²) in [5.41, 5.74) is 4.96. The van der Waals surface area contributed by atoms with E-state index in [2.05, 4.69) is 36.7 Å². The number of hydrogen-bond donors (Lipinski definition) is 0. The molecule has 0 atom stereocenters. The van der Waals surface area contributed by atoms with E-state index in [1.165, 1.54) is 16.8 Å². The van der Waals surface area contributed by atoms with E-state index >= 15 is 0 Å². The first-order chi connectivity index (χ1) is 7.08. The highest BCUT2D eigenvalue weighted by molar-refractivity contribution is 5.29. The molecule has 0 unspecified atom stereocenters. The lowest BCUT2D eigenvalue weighted by molar-refractivity contribution is 0.389. The largest absolute Gasteiger partial charge is 0.361 e. The lowest BCUT2D eigenvalue weighted by Gasteiger charge is -2.02. The van der Waals surface area contributed by atoms with Crippen molar-refractivity contribution in [2.24, 2.45) is 0 Å². The van der Waals surface area contributed by atoms with E-state index in [1.54, 1.807) is 0 Å². The van der Waals surface area contributed by atoms with Gasteiger partial charge in [-0.25, -0.2) is 0 Å². The monoisotopic (exact) mass is 204 g/mol. The number of aryl methyl sites for hydroxylation is 2. The maximum absolute atomic E-state index is 5.05. The molecule has 2 aromatic heterocycles. The number of hydrogen-bond acceptors (Lipinski definition) is 2. The van der Waals surface area contributed by atoms with Gasteiger partial charge >= 0.3 is 0 Å². The lowest BCUT2D eigenvalue weighted by Crippen LogP contribution is -2.00. The fourth-order valence-electron chi connectivity index (χ4n) is 1.76. The Morgan fingerprint density at radius 2 is 2.00 bits per heavy atom. The molecule has 0 saturated carbocycles. The Morgan fingerprint density at radius 3 is 2.47 bits per heavy atom. The van der Waals surface area contributed by atoms with Gasteiger partial charge in [0.15, 0.2) is 0 Å².